The molecule has 2 aromatic carbocycles. The van der Waals surface area contributed by atoms with Crippen molar-refractivity contribution in [3.8, 4) is 16.9 Å². The maximum absolute atomic E-state index is 14.1. The van der Waals surface area contributed by atoms with E-state index in [-0.39, 0.29) is 12.0 Å². The third kappa shape index (κ3) is 5.63. The van der Waals surface area contributed by atoms with E-state index in [1.165, 1.54) is 6.07 Å². The monoisotopic (exact) mass is 574 g/mol. The van der Waals surface area contributed by atoms with Crippen molar-refractivity contribution in [1.29, 1.82) is 0 Å². The van der Waals surface area contributed by atoms with E-state index in [0.29, 0.717) is 56.5 Å². The fourth-order valence-corrected chi connectivity index (χ4v) is 5.68. The van der Waals surface area contributed by atoms with Gasteiger partial charge in [-0.2, -0.15) is 5.10 Å². The second-order valence-electron chi connectivity index (χ2n) is 10.6. The molecule has 42 heavy (non-hydrogen) atoms. The Morgan fingerprint density at radius 2 is 1.93 bits per heavy atom. The van der Waals surface area contributed by atoms with Crippen molar-refractivity contribution in [2.75, 3.05) is 38.7 Å². The summed E-state index contributed by atoms with van der Waals surface area (Å²) in [5.41, 5.74) is 5.66. The number of anilines is 1. The highest BCUT2D eigenvalue weighted by Gasteiger charge is 2.35. The van der Waals surface area contributed by atoms with Gasteiger partial charge in [0, 0.05) is 55.5 Å². The van der Waals surface area contributed by atoms with E-state index in [1.54, 1.807) is 24.1 Å². The predicted molar refractivity (Wildman–Crippen MR) is 153 cm³/mol. The summed E-state index contributed by atoms with van der Waals surface area (Å²) in [4.78, 5) is 20.3. The van der Waals surface area contributed by atoms with Gasteiger partial charge >= 0.3 is 6.03 Å². The maximum atomic E-state index is 14.1. The standard InChI is InChI=1S/C31H32F2N6O3/c1-19-29(21-12-22-17-42-18-28(22)34-14-21)37-39(23-6-4-3-5-7-23)30(19)36-31(40)35-27-16-38(10-11-41-2)15-24(27)20-8-9-25(32)26(33)13-20/h3-9,12-14,24,27H,10-11,15-18H2,1-2H3,(H2,35,36,40)/t24-,27+/m0/s1. The quantitative estimate of drug-likeness (QED) is 0.315. The molecule has 0 unspecified atom stereocenters. The van der Waals surface area contributed by atoms with E-state index in [2.05, 4.69) is 20.5 Å². The van der Waals surface area contributed by atoms with Gasteiger partial charge in [-0.05, 0) is 42.8 Å². The van der Waals surface area contributed by atoms with Gasteiger partial charge in [0.2, 0.25) is 0 Å². The van der Waals surface area contributed by atoms with E-state index >= 15 is 0 Å². The van der Waals surface area contributed by atoms with Crippen LogP contribution >= 0.6 is 0 Å². The maximum Gasteiger partial charge on any atom is 0.320 e. The van der Waals surface area contributed by atoms with E-state index in [1.807, 2.05) is 43.3 Å². The van der Waals surface area contributed by atoms with E-state index in [9.17, 15) is 13.6 Å². The van der Waals surface area contributed by atoms with Gasteiger partial charge in [0.15, 0.2) is 11.6 Å². The van der Waals surface area contributed by atoms with Crippen molar-refractivity contribution >= 4 is 11.8 Å². The third-order valence-electron chi connectivity index (χ3n) is 7.88. The summed E-state index contributed by atoms with van der Waals surface area (Å²) < 4.78 is 40.3. The fraction of sp³-hybridized carbons (Fsp3) is 0.323. The van der Waals surface area contributed by atoms with Crippen molar-refractivity contribution in [1.82, 2.24) is 25.0 Å². The van der Waals surface area contributed by atoms with Crippen LogP contribution in [0.15, 0.2) is 60.8 Å². The molecule has 2 N–H and O–H groups in total. The van der Waals surface area contributed by atoms with E-state index in [0.717, 1.165) is 34.1 Å². The number of nitrogens with zero attached hydrogens (tertiary/aromatic N) is 4. The Kier molecular flexibility index (Phi) is 7.96. The molecule has 2 atom stereocenters. The summed E-state index contributed by atoms with van der Waals surface area (Å²) in [6.07, 6.45) is 1.78. The number of likely N-dealkylation sites (tertiary alicyclic amines) is 1. The van der Waals surface area contributed by atoms with Gasteiger partial charge in [0.1, 0.15) is 5.82 Å². The summed E-state index contributed by atoms with van der Waals surface area (Å²) in [7, 11) is 1.63. The van der Waals surface area contributed by atoms with Crippen molar-refractivity contribution < 1.29 is 23.0 Å². The largest absolute Gasteiger partial charge is 0.383 e. The first-order valence-electron chi connectivity index (χ1n) is 13.9. The molecule has 0 aliphatic carbocycles. The number of rotatable bonds is 8. The molecule has 0 saturated carbocycles. The molecule has 0 bridgehead atoms. The second-order valence-corrected chi connectivity index (χ2v) is 10.6. The molecule has 11 heteroatoms. The average Bonchev–Trinajstić information content (AvgIpc) is 3.71. The number of aromatic nitrogens is 3. The number of fused-ring (bicyclic) bond motifs is 1. The van der Waals surface area contributed by atoms with Crippen molar-refractivity contribution in [2.45, 2.75) is 32.1 Å². The van der Waals surface area contributed by atoms with Crippen LogP contribution in [-0.2, 0) is 22.7 Å². The van der Waals surface area contributed by atoms with E-state index < -0.39 is 17.7 Å². The van der Waals surface area contributed by atoms with Crippen LogP contribution in [0.5, 0.6) is 0 Å². The molecule has 2 aromatic heterocycles. The van der Waals surface area contributed by atoms with E-state index in [4.69, 9.17) is 14.6 Å². The Hall–Kier alpha value is -4.19. The highest BCUT2D eigenvalue weighted by molar-refractivity contribution is 5.91. The van der Waals surface area contributed by atoms with Gasteiger partial charge in [-0.15, -0.1) is 0 Å². The Labute approximate surface area is 242 Å². The van der Waals surface area contributed by atoms with Crippen LogP contribution in [0.4, 0.5) is 19.4 Å². The zero-order valence-corrected chi connectivity index (χ0v) is 23.4. The minimum atomic E-state index is -0.909. The molecule has 4 aromatic rings. The normalized spacial score (nSPS) is 18.3. The van der Waals surface area contributed by atoms with Crippen molar-refractivity contribution in [3.63, 3.8) is 0 Å². The minimum Gasteiger partial charge on any atom is -0.383 e. The number of nitrogens with one attached hydrogen (secondary N) is 2. The Balaban J connectivity index is 1.29. The molecular weight excluding hydrogens is 542 g/mol. The highest BCUT2D eigenvalue weighted by Crippen LogP contribution is 2.33. The van der Waals surface area contributed by atoms with Crippen LogP contribution in [-0.4, -0.2) is 65.1 Å². The zero-order chi connectivity index (χ0) is 29.2. The molecule has 1 fully saturated rings. The molecule has 9 nitrogen and oxygen atoms in total. The lowest BCUT2D eigenvalue weighted by molar-refractivity contribution is 0.133. The number of ether oxygens (including phenoxy) is 2. The summed E-state index contributed by atoms with van der Waals surface area (Å²) >= 11 is 0. The van der Waals surface area contributed by atoms with Crippen LogP contribution in [0.1, 0.15) is 28.3 Å². The van der Waals surface area contributed by atoms with Crippen molar-refractivity contribution in [2.24, 2.45) is 0 Å². The average molecular weight is 575 g/mol. The lowest BCUT2D eigenvalue weighted by Gasteiger charge is -2.21. The lowest BCUT2D eigenvalue weighted by Crippen LogP contribution is -2.42. The number of hydrogen-bond acceptors (Lipinski definition) is 6. The number of halogens is 2. The molecule has 218 valence electrons. The van der Waals surface area contributed by atoms with Crippen molar-refractivity contribution in [3.05, 3.63) is 94.8 Å². The molecule has 2 aliphatic rings. The summed E-state index contributed by atoms with van der Waals surface area (Å²) in [6.45, 7) is 5.18. The Morgan fingerprint density at radius 1 is 1.10 bits per heavy atom. The molecule has 0 radical (unpaired) electrons. The van der Waals surface area contributed by atoms with Gasteiger partial charge < -0.3 is 14.8 Å². The van der Waals surface area contributed by atoms with Crippen LogP contribution in [0, 0.1) is 18.6 Å². The highest BCUT2D eigenvalue weighted by atomic mass is 19.2. The number of para-hydroxylation sites is 1. The van der Waals surface area contributed by atoms with Gasteiger partial charge in [-0.25, -0.2) is 18.3 Å². The molecule has 2 aliphatic heterocycles. The molecule has 6 rings (SSSR count). The number of hydrogen-bond donors (Lipinski definition) is 2. The zero-order valence-electron chi connectivity index (χ0n) is 23.4. The summed E-state index contributed by atoms with van der Waals surface area (Å²) in [5.74, 6) is -1.53. The second kappa shape index (κ2) is 12.0. The van der Waals surface area contributed by atoms with Crippen LogP contribution in [0.3, 0.4) is 0 Å². The number of pyridine rings is 1. The van der Waals surface area contributed by atoms with Gasteiger partial charge in [-0.1, -0.05) is 24.3 Å². The number of urea groups is 1. The fourth-order valence-electron chi connectivity index (χ4n) is 5.68. The lowest BCUT2D eigenvalue weighted by atomic mass is 9.94. The molecular formula is C31H32F2N6O3. The SMILES string of the molecule is COCCN1C[C@@H](NC(=O)Nc2c(C)c(-c3cnc4c(c3)COC4)nn2-c2ccccc2)[C@H](c2ccc(F)c(F)c2)C1. The number of carbonyl (C=O) groups is 1. The first kappa shape index (κ1) is 28.0. The van der Waals surface area contributed by atoms with Crippen LogP contribution in [0.2, 0.25) is 0 Å². The predicted octanol–water partition coefficient (Wildman–Crippen LogP) is 4.79. The first-order valence-corrected chi connectivity index (χ1v) is 13.9. The molecule has 2 amide bonds. The summed E-state index contributed by atoms with van der Waals surface area (Å²) in [5, 5.41) is 11.0. The number of carbonyl (C=O) groups excluding carboxylic acids is 1. The molecule has 4 heterocycles. The number of methoxy groups -OCH3 is 1. The third-order valence-corrected chi connectivity index (χ3v) is 7.88. The number of amides is 2. The number of benzene rings is 2. The van der Waals surface area contributed by atoms with Gasteiger partial charge in [0.05, 0.1) is 42.9 Å². The minimum absolute atomic E-state index is 0.238. The molecule has 1 saturated heterocycles. The van der Waals surface area contributed by atoms with Crippen LogP contribution < -0.4 is 10.6 Å². The molecule has 0 spiro atoms. The Bertz CT molecular complexity index is 1600. The summed E-state index contributed by atoms with van der Waals surface area (Å²) in [6, 6.07) is 14.7. The van der Waals surface area contributed by atoms with Gasteiger partial charge in [-0.3, -0.25) is 15.2 Å². The Morgan fingerprint density at radius 3 is 2.71 bits per heavy atom. The van der Waals surface area contributed by atoms with Crippen LogP contribution in [0.25, 0.3) is 16.9 Å². The smallest absolute Gasteiger partial charge is 0.320 e. The first-order chi connectivity index (χ1) is 20.4. The topological polar surface area (TPSA) is 93.5 Å². The van der Waals surface area contributed by atoms with Gasteiger partial charge in [0.25, 0.3) is 0 Å².